The lowest BCUT2D eigenvalue weighted by Crippen LogP contribution is -2.40. The molecule has 0 saturated carbocycles. The zero-order valence-corrected chi connectivity index (χ0v) is 20.6. The first-order valence-electron chi connectivity index (χ1n) is 9.69. The van der Waals surface area contributed by atoms with Gasteiger partial charge in [-0.2, -0.15) is 13.2 Å². The van der Waals surface area contributed by atoms with E-state index < -0.39 is 11.9 Å². The van der Waals surface area contributed by atoms with Crippen LogP contribution in [0.25, 0.3) is 0 Å². The minimum atomic E-state index is -4.43. The van der Waals surface area contributed by atoms with Crippen molar-refractivity contribution in [2.75, 3.05) is 26.2 Å². The molecule has 0 radical (unpaired) electrons. The fraction of sp³-hybridized carbons (Fsp3) is 0.450. The Kier molecular flexibility index (Phi) is 11.8. The Labute approximate surface area is 201 Å². The van der Waals surface area contributed by atoms with Gasteiger partial charge >= 0.3 is 6.18 Å². The van der Waals surface area contributed by atoms with Crippen molar-refractivity contribution in [3.05, 3.63) is 52.0 Å². The summed E-state index contributed by atoms with van der Waals surface area (Å²) in [6.07, 6.45) is -4.10. The highest BCUT2D eigenvalue weighted by Gasteiger charge is 2.33. The standard InChI is InChI=1S/C20H26F3N5OS.HI/c1-3-24-19(25-11-10-17-27-16(14-30-17)20(21,22)23)26-12-18(29)28(4-2)13-15-8-6-5-7-9-15;/h5-9,14H,3-4,10-13H2,1-2H3,(H2,24,25,26);1H. The zero-order valence-electron chi connectivity index (χ0n) is 17.4. The third kappa shape index (κ3) is 9.42. The molecule has 6 nitrogen and oxygen atoms in total. The molecule has 0 unspecified atom stereocenters. The number of carbonyl (C=O) groups is 1. The molecule has 1 aromatic carbocycles. The second-order valence-electron chi connectivity index (χ2n) is 6.39. The first-order valence-corrected chi connectivity index (χ1v) is 10.6. The lowest BCUT2D eigenvalue weighted by atomic mass is 10.2. The molecule has 11 heteroatoms. The SMILES string of the molecule is CCNC(=NCC(=O)N(CC)Cc1ccccc1)NCCc1nc(C(F)(F)F)cs1.I. The van der Waals surface area contributed by atoms with E-state index in [1.165, 1.54) is 0 Å². The van der Waals surface area contributed by atoms with Crippen LogP contribution in [0.4, 0.5) is 13.2 Å². The summed E-state index contributed by atoms with van der Waals surface area (Å²) in [5, 5.41) is 7.47. The summed E-state index contributed by atoms with van der Waals surface area (Å²) in [6, 6.07) is 9.72. The molecule has 0 bridgehead atoms. The zero-order chi connectivity index (χ0) is 22.0. The summed E-state index contributed by atoms with van der Waals surface area (Å²) in [6.45, 7) is 5.81. The second-order valence-corrected chi connectivity index (χ2v) is 7.33. The number of aliphatic imine (C=N–C) groups is 1. The number of guanidine groups is 1. The van der Waals surface area contributed by atoms with Crippen LogP contribution in [0.5, 0.6) is 0 Å². The molecule has 2 N–H and O–H groups in total. The van der Waals surface area contributed by atoms with Crippen molar-refractivity contribution in [3.63, 3.8) is 0 Å². The summed E-state index contributed by atoms with van der Waals surface area (Å²) in [5.74, 6) is 0.336. The summed E-state index contributed by atoms with van der Waals surface area (Å²) >= 11 is 0.975. The molecular weight excluding hydrogens is 542 g/mol. The van der Waals surface area contributed by atoms with Gasteiger partial charge in [-0.3, -0.25) is 4.79 Å². The van der Waals surface area contributed by atoms with Crippen LogP contribution in [-0.4, -0.2) is 47.9 Å². The maximum atomic E-state index is 12.6. The molecular formula is C20H27F3IN5OS. The van der Waals surface area contributed by atoms with Crippen LogP contribution in [-0.2, 0) is 23.9 Å². The highest BCUT2D eigenvalue weighted by molar-refractivity contribution is 14.0. The maximum Gasteiger partial charge on any atom is 0.434 e. The number of carbonyl (C=O) groups excluding carboxylic acids is 1. The van der Waals surface area contributed by atoms with Crippen LogP contribution >= 0.6 is 35.3 Å². The van der Waals surface area contributed by atoms with E-state index in [0.717, 1.165) is 22.3 Å². The number of hydrogen-bond donors (Lipinski definition) is 2. The van der Waals surface area contributed by atoms with Gasteiger partial charge in [-0.1, -0.05) is 30.3 Å². The molecule has 1 amide bonds. The molecule has 2 aromatic rings. The molecule has 0 fully saturated rings. The number of amides is 1. The maximum absolute atomic E-state index is 12.6. The first-order chi connectivity index (χ1) is 14.3. The average molecular weight is 569 g/mol. The van der Waals surface area contributed by atoms with Crippen LogP contribution in [0.2, 0.25) is 0 Å². The smallest absolute Gasteiger partial charge is 0.357 e. The van der Waals surface area contributed by atoms with E-state index in [0.29, 0.717) is 43.6 Å². The van der Waals surface area contributed by atoms with Crippen molar-refractivity contribution in [1.29, 1.82) is 0 Å². The van der Waals surface area contributed by atoms with Crippen molar-refractivity contribution in [2.24, 2.45) is 4.99 Å². The quantitative estimate of drug-likeness (QED) is 0.273. The fourth-order valence-electron chi connectivity index (χ4n) is 2.61. The van der Waals surface area contributed by atoms with Gasteiger partial charge in [-0.25, -0.2) is 9.98 Å². The number of likely N-dealkylation sites (N-methyl/N-ethyl adjacent to an activating group) is 1. The van der Waals surface area contributed by atoms with Gasteiger partial charge in [0.2, 0.25) is 5.91 Å². The second kappa shape index (κ2) is 13.5. The highest BCUT2D eigenvalue weighted by Crippen LogP contribution is 2.29. The Hall–Kier alpha value is -1.89. The van der Waals surface area contributed by atoms with Crippen molar-refractivity contribution < 1.29 is 18.0 Å². The molecule has 0 aliphatic heterocycles. The molecule has 0 atom stereocenters. The number of rotatable bonds is 9. The van der Waals surface area contributed by atoms with Crippen LogP contribution in [0.3, 0.4) is 0 Å². The van der Waals surface area contributed by atoms with Crippen LogP contribution in [0, 0.1) is 0 Å². The highest BCUT2D eigenvalue weighted by atomic mass is 127. The van der Waals surface area contributed by atoms with Gasteiger partial charge < -0.3 is 15.5 Å². The Morgan fingerprint density at radius 1 is 1.19 bits per heavy atom. The normalized spacial score (nSPS) is 11.6. The predicted octanol–water partition coefficient (Wildman–Crippen LogP) is 3.93. The van der Waals surface area contributed by atoms with Gasteiger partial charge in [-0.15, -0.1) is 35.3 Å². The molecule has 2 rings (SSSR count). The molecule has 31 heavy (non-hydrogen) atoms. The summed E-state index contributed by atoms with van der Waals surface area (Å²) in [5.41, 5.74) is 0.176. The van der Waals surface area contributed by atoms with Crippen molar-refractivity contribution in [2.45, 2.75) is 33.0 Å². The fourth-order valence-corrected chi connectivity index (χ4v) is 3.42. The van der Waals surface area contributed by atoms with Gasteiger partial charge in [0.1, 0.15) is 6.54 Å². The monoisotopic (exact) mass is 569 g/mol. The molecule has 0 spiro atoms. The summed E-state index contributed by atoms with van der Waals surface area (Å²) in [7, 11) is 0. The number of nitrogens with zero attached hydrogens (tertiary/aromatic N) is 3. The van der Waals surface area contributed by atoms with E-state index in [4.69, 9.17) is 0 Å². The number of benzene rings is 1. The summed E-state index contributed by atoms with van der Waals surface area (Å²) < 4.78 is 37.9. The van der Waals surface area contributed by atoms with Crippen LogP contribution < -0.4 is 10.6 Å². The van der Waals surface area contributed by atoms with Crippen LogP contribution in [0.15, 0.2) is 40.7 Å². The van der Waals surface area contributed by atoms with Gasteiger partial charge in [0, 0.05) is 38.0 Å². The van der Waals surface area contributed by atoms with E-state index in [2.05, 4.69) is 20.6 Å². The third-order valence-corrected chi connectivity index (χ3v) is 5.05. The number of halogens is 4. The number of hydrogen-bond acceptors (Lipinski definition) is 4. The first kappa shape index (κ1) is 27.1. The Morgan fingerprint density at radius 3 is 2.48 bits per heavy atom. The molecule has 0 saturated heterocycles. The average Bonchev–Trinajstić information content (AvgIpc) is 3.20. The van der Waals surface area contributed by atoms with Gasteiger partial charge in [0.05, 0.1) is 5.01 Å². The predicted molar refractivity (Wildman–Crippen MR) is 128 cm³/mol. The number of aromatic nitrogens is 1. The van der Waals surface area contributed by atoms with E-state index in [9.17, 15) is 18.0 Å². The third-order valence-electron chi connectivity index (χ3n) is 4.14. The lowest BCUT2D eigenvalue weighted by molar-refractivity contribution is -0.140. The molecule has 0 aliphatic carbocycles. The van der Waals surface area contributed by atoms with Crippen molar-refractivity contribution in [3.8, 4) is 0 Å². The van der Waals surface area contributed by atoms with E-state index in [1.807, 2.05) is 44.2 Å². The number of thiazole rings is 1. The Morgan fingerprint density at radius 2 is 1.90 bits per heavy atom. The van der Waals surface area contributed by atoms with Gasteiger partial charge in [0.25, 0.3) is 0 Å². The van der Waals surface area contributed by atoms with E-state index in [1.54, 1.807) is 4.90 Å². The van der Waals surface area contributed by atoms with Gasteiger partial charge in [0.15, 0.2) is 11.7 Å². The minimum Gasteiger partial charge on any atom is -0.357 e. The molecule has 1 aromatic heterocycles. The Balaban J connectivity index is 0.00000480. The minimum absolute atomic E-state index is 0. The van der Waals surface area contributed by atoms with Crippen molar-refractivity contribution >= 4 is 47.2 Å². The van der Waals surface area contributed by atoms with Gasteiger partial charge in [-0.05, 0) is 19.4 Å². The van der Waals surface area contributed by atoms with Crippen LogP contribution in [0.1, 0.15) is 30.1 Å². The largest absolute Gasteiger partial charge is 0.434 e. The molecule has 172 valence electrons. The van der Waals surface area contributed by atoms with E-state index >= 15 is 0 Å². The molecule has 1 heterocycles. The number of alkyl halides is 3. The Bertz CT molecular complexity index is 830. The summed E-state index contributed by atoms with van der Waals surface area (Å²) in [4.78, 5) is 22.2. The van der Waals surface area contributed by atoms with E-state index in [-0.39, 0.29) is 36.4 Å². The topological polar surface area (TPSA) is 69.6 Å². The lowest BCUT2D eigenvalue weighted by Gasteiger charge is -2.20. The van der Waals surface area contributed by atoms with Crippen molar-refractivity contribution in [1.82, 2.24) is 20.5 Å². The number of nitrogens with one attached hydrogen (secondary N) is 2. The molecule has 0 aliphatic rings.